The van der Waals surface area contributed by atoms with E-state index in [0.717, 1.165) is 17.5 Å². The molecule has 1 aliphatic heterocycles. The zero-order valence-electron chi connectivity index (χ0n) is 12.6. The molecule has 0 spiro atoms. The molecule has 1 aliphatic rings. The van der Waals surface area contributed by atoms with Crippen LogP contribution in [0.1, 0.15) is 31.4 Å². The Kier molecular flexibility index (Phi) is 4.63. The number of fused-ring (bicyclic) bond motifs is 1. The van der Waals surface area contributed by atoms with E-state index in [0.29, 0.717) is 13.2 Å². The Morgan fingerprint density at radius 1 is 1.38 bits per heavy atom. The molecule has 0 fully saturated rings. The molecule has 0 aliphatic carbocycles. The number of rotatable bonds is 4. The van der Waals surface area contributed by atoms with E-state index in [2.05, 4.69) is 0 Å². The smallest absolute Gasteiger partial charge is 0.308 e. The van der Waals surface area contributed by atoms with Crippen molar-refractivity contribution in [2.24, 2.45) is 5.73 Å². The van der Waals surface area contributed by atoms with Crippen LogP contribution in [0, 0.1) is 0 Å². The first-order valence-corrected chi connectivity index (χ1v) is 7.27. The summed E-state index contributed by atoms with van der Waals surface area (Å²) in [5.74, 6) is -0.398. The van der Waals surface area contributed by atoms with Gasteiger partial charge in [0.25, 0.3) is 0 Å². The van der Waals surface area contributed by atoms with Gasteiger partial charge in [-0.05, 0) is 24.5 Å². The SMILES string of the molecule is CCOC(=O)CC1(CN)c2ccccc2CCN1C(C)=O. The maximum Gasteiger partial charge on any atom is 0.308 e. The first-order valence-electron chi connectivity index (χ1n) is 7.27. The summed E-state index contributed by atoms with van der Waals surface area (Å²) in [7, 11) is 0. The van der Waals surface area contributed by atoms with Crippen molar-refractivity contribution in [2.45, 2.75) is 32.2 Å². The van der Waals surface area contributed by atoms with Gasteiger partial charge in [0, 0.05) is 20.0 Å². The van der Waals surface area contributed by atoms with E-state index in [1.54, 1.807) is 11.8 Å². The normalized spacial score (nSPS) is 20.8. The van der Waals surface area contributed by atoms with Gasteiger partial charge in [-0.15, -0.1) is 0 Å². The van der Waals surface area contributed by atoms with Crippen molar-refractivity contribution in [2.75, 3.05) is 19.7 Å². The quantitative estimate of drug-likeness (QED) is 0.846. The Labute approximate surface area is 125 Å². The maximum atomic E-state index is 12.0. The lowest BCUT2D eigenvalue weighted by Gasteiger charge is -2.47. The third-order valence-electron chi connectivity index (χ3n) is 4.10. The number of esters is 1. The highest BCUT2D eigenvalue weighted by Crippen LogP contribution is 2.38. The maximum absolute atomic E-state index is 12.0. The molecule has 0 aromatic heterocycles. The highest BCUT2D eigenvalue weighted by molar-refractivity contribution is 5.78. The summed E-state index contributed by atoms with van der Waals surface area (Å²) in [6, 6.07) is 7.87. The molecule has 0 saturated carbocycles. The summed E-state index contributed by atoms with van der Waals surface area (Å²) in [5.41, 5.74) is 7.33. The van der Waals surface area contributed by atoms with Crippen molar-refractivity contribution < 1.29 is 14.3 Å². The van der Waals surface area contributed by atoms with Crippen LogP contribution in [-0.2, 0) is 26.3 Å². The van der Waals surface area contributed by atoms with Crippen molar-refractivity contribution in [1.29, 1.82) is 0 Å². The molecule has 1 atom stereocenters. The summed E-state index contributed by atoms with van der Waals surface area (Å²) < 4.78 is 5.08. The average Bonchev–Trinajstić information content (AvgIpc) is 2.47. The molecule has 1 amide bonds. The standard InChI is InChI=1S/C16H22N2O3/c1-3-21-15(20)10-16(11-17)14-7-5-4-6-13(14)8-9-18(16)12(2)19/h4-7H,3,8-11,17H2,1-2H3. The molecule has 2 rings (SSSR count). The van der Waals surface area contributed by atoms with Gasteiger partial charge in [-0.2, -0.15) is 0 Å². The summed E-state index contributed by atoms with van der Waals surface area (Å²) in [5, 5.41) is 0. The lowest BCUT2D eigenvalue weighted by atomic mass is 9.78. The number of hydrogen-bond donors (Lipinski definition) is 1. The van der Waals surface area contributed by atoms with Gasteiger partial charge in [0.1, 0.15) is 0 Å². The number of nitrogens with two attached hydrogens (primary N) is 1. The minimum Gasteiger partial charge on any atom is -0.466 e. The molecule has 2 N–H and O–H groups in total. The second-order valence-corrected chi connectivity index (χ2v) is 5.30. The Balaban J connectivity index is 2.49. The molecule has 0 saturated heterocycles. The van der Waals surface area contributed by atoms with E-state index in [1.165, 1.54) is 6.92 Å². The molecule has 1 unspecified atom stereocenters. The molecule has 0 radical (unpaired) electrons. The van der Waals surface area contributed by atoms with Crippen LogP contribution in [0.25, 0.3) is 0 Å². The van der Waals surface area contributed by atoms with Crippen molar-refractivity contribution in [3.05, 3.63) is 35.4 Å². The van der Waals surface area contributed by atoms with Gasteiger partial charge in [-0.3, -0.25) is 9.59 Å². The number of ether oxygens (including phenoxy) is 1. The van der Waals surface area contributed by atoms with Gasteiger partial charge >= 0.3 is 5.97 Å². The average molecular weight is 290 g/mol. The molecule has 5 heteroatoms. The molecule has 21 heavy (non-hydrogen) atoms. The highest BCUT2D eigenvalue weighted by Gasteiger charge is 2.44. The highest BCUT2D eigenvalue weighted by atomic mass is 16.5. The number of hydrogen-bond acceptors (Lipinski definition) is 4. The second kappa shape index (κ2) is 6.26. The van der Waals surface area contributed by atoms with Crippen LogP contribution in [0.4, 0.5) is 0 Å². The van der Waals surface area contributed by atoms with Crippen LogP contribution in [0.5, 0.6) is 0 Å². The van der Waals surface area contributed by atoms with E-state index in [4.69, 9.17) is 10.5 Å². The Morgan fingerprint density at radius 3 is 2.71 bits per heavy atom. The van der Waals surface area contributed by atoms with Gasteiger partial charge in [-0.25, -0.2) is 0 Å². The number of benzene rings is 1. The summed E-state index contributed by atoms with van der Waals surface area (Å²) in [4.78, 5) is 25.8. The van der Waals surface area contributed by atoms with Crippen LogP contribution in [0.2, 0.25) is 0 Å². The number of nitrogens with zero attached hydrogens (tertiary/aromatic N) is 1. The zero-order valence-corrected chi connectivity index (χ0v) is 12.6. The molecule has 1 aromatic carbocycles. The topological polar surface area (TPSA) is 72.6 Å². The lowest BCUT2D eigenvalue weighted by Crippen LogP contribution is -2.57. The van der Waals surface area contributed by atoms with Crippen molar-refractivity contribution in [1.82, 2.24) is 4.90 Å². The van der Waals surface area contributed by atoms with E-state index in [9.17, 15) is 9.59 Å². The van der Waals surface area contributed by atoms with Gasteiger partial charge in [-0.1, -0.05) is 24.3 Å². The summed E-state index contributed by atoms with van der Waals surface area (Å²) >= 11 is 0. The lowest BCUT2D eigenvalue weighted by molar-refractivity contribution is -0.150. The monoisotopic (exact) mass is 290 g/mol. The molecule has 114 valence electrons. The van der Waals surface area contributed by atoms with Crippen molar-refractivity contribution in [3.8, 4) is 0 Å². The Hall–Kier alpha value is -1.88. The van der Waals surface area contributed by atoms with E-state index in [-0.39, 0.29) is 24.8 Å². The van der Waals surface area contributed by atoms with Gasteiger partial charge in [0.05, 0.1) is 18.6 Å². The fraction of sp³-hybridized carbons (Fsp3) is 0.500. The Bertz CT molecular complexity index is 544. The van der Waals surface area contributed by atoms with Crippen molar-refractivity contribution in [3.63, 3.8) is 0 Å². The van der Waals surface area contributed by atoms with Crippen molar-refractivity contribution >= 4 is 11.9 Å². The fourth-order valence-electron chi connectivity index (χ4n) is 3.18. The minimum absolute atomic E-state index is 0.0701. The first-order chi connectivity index (χ1) is 10.0. The van der Waals surface area contributed by atoms with Crippen LogP contribution in [0.15, 0.2) is 24.3 Å². The molecule has 5 nitrogen and oxygen atoms in total. The predicted molar refractivity (Wildman–Crippen MR) is 79.5 cm³/mol. The van der Waals surface area contributed by atoms with E-state index < -0.39 is 5.54 Å². The third-order valence-corrected chi connectivity index (χ3v) is 4.10. The largest absolute Gasteiger partial charge is 0.466 e. The van der Waals surface area contributed by atoms with E-state index in [1.807, 2.05) is 24.3 Å². The number of carbonyl (C=O) groups excluding carboxylic acids is 2. The Morgan fingerprint density at radius 2 is 2.10 bits per heavy atom. The third kappa shape index (κ3) is 2.78. The predicted octanol–water partition coefficient (Wildman–Crippen LogP) is 1.20. The van der Waals surface area contributed by atoms with Crippen LogP contribution >= 0.6 is 0 Å². The van der Waals surface area contributed by atoms with E-state index >= 15 is 0 Å². The van der Waals surface area contributed by atoms with Gasteiger partial charge < -0.3 is 15.4 Å². The summed E-state index contributed by atoms with van der Waals surface area (Å²) in [6.45, 7) is 4.38. The molecule has 0 bridgehead atoms. The van der Waals surface area contributed by atoms with Crippen LogP contribution in [-0.4, -0.2) is 36.5 Å². The first kappa shape index (κ1) is 15.5. The fourth-order valence-corrected chi connectivity index (χ4v) is 3.18. The zero-order chi connectivity index (χ0) is 15.5. The minimum atomic E-state index is -0.799. The number of amides is 1. The number of carbonyl (C=O) groups is 2. The molecular weight excluding hydrogens is 268 g/mol. The summed E-state index contributed by atoms with van der Waals surface area (Å²) in [6.07, 6.45) is 0.869. The van der Waals surface area contributed by atoms with Gasteiger partial charge in [0.2, 0.25) is 5.91 Å². The van der Waals surface area contributed by atoms with Crippen LogP contribution < -0.4 is 5.73 Å². The second-order valence-electron chi connectivity index (χ2n) is 5.30. The molecule has 1 heterocycles. The van der Waals surface area contributed by atoms with Gasteiger partial charge in [0.15, 0.2) is 0 Å². The van der Waals surface area contributed by atoms with Crippen LogP contribution in [0.3, 0.4) is 0 Å². The molecule has 1 aromatic rings. The molecular formula is C16H22N2O3.